The van der Waals surface area contributed by atoms with E-state index in [-0.39, 0.29) is 18.5 Å². The maximum Gasteiger partial charge on any atom is 0.145 e. The van der Waals surface area contributed by atoms with E-state index in [2.05, 4.69) is 20.8 Å². The fraction of sp³-hybridized carbons (Fsp3) is 1.00. The third kappa shape index (κ3) is 2.70. The highest BCUT2D eigenvalue weighted by Crippen LogP contribution is 2.22. The van der Waals surface area contributed by atoms with Gasteiger partial charge in [0.1, 0.15) is 12.3 Å². The van der Waals surface area contributed by atoms with Crippen LogP contribution in [0.1, 0.15) is 20.8 Å². The Morgan fingerprint density at radius 1 is 1.17 bits per heavy atom. The average molecular weight is 177 g/mol. The van der Waals surface area contributed by atoms with Crippen LogP contribution in [0.25, 0.3) is 0 Å². The Balaban J connectivity index is 2.38. The van der Waals surface area contributed by atoms with Gasteiger partial charge in [-0.05, 0) is 5.41 Å². The summed E-state index contributed by atoms with van der Waals surface area (Å²) < 4.78 is 25.5. The zero-order chi connectivity index (χ0) is 9.35. The van der Waals surface area contributed by atoms with E-state index in [4.69, 9.17) is 0 Å². The molecule has 1 fully saturated rings. The molecule has 1 saturated heterocycles. The molecule has 2 atom stereocenters. The molecule has 0 amide bonds. The minimum Gasteiger partial charge on any atom is -0.297 e. The molecule has 0 aliphatic carbocycles. The quantitative estimate of drug-likeness (QED) is 0.592. The van der Waals surface area contributed by atoms with Crippen LogP contribution in [0.5, 0.6) is 0 Å². The zero-order valence-corrected chi connectivity index (χ0v) is 7.98. The fourth-order valence-corrected chi connectivity index (χ4v) is 1.60. The van der Waals surface area contributed by atoms with Crippen LogP contribution in [0.4, 0.5) is 8.78 Å². The maximum atomic E-state index is 12.7. The van der Waals surface area contributed by atoms with Crippen molar-refractivity contribution in [2.24, 2.45) is 5.41 Å². The molecule has 0 aromatic heterocycles. The number of nitrogens with zero attached hydrogens (tertiary/aromatic N) is 1. The summed E-state index contributed by atoms with van der Waals surface area (Å²) in [6.07, 6.45) is -2.54. The molecule has 0 unspecified atom stereocenters. The number of hydrogen-bond donors (Lipinski definition) is 0. The van der Waals surface area contributed by atoms with Crippen LogP contribution in [0.15, 0.2) is 0 Å². The van der Waals surface area contributed by atoms with E-state index in [1.54, 1.807) is 0 Å². The van der Waals surface area contributed by atoms with E-state index >= 15 is 0 Å². The van der Waals surface area contributed by atoms with Gasteiger partial charge >= 0.3 is 0 Å². The standard InChI is InChI=1S/C9H17F2N/c1-9(2,3)6-12-4-7(10)8(11)5-12/h7-8H,4-6H2,1-3H3/t7-,8-/m0/s1. The van der Waals surface area contributed by atoms with Crippen LogP contribution in [0.2, 0.25) is 0 Å². The van der Waals surface area contributed by atoms with Gasteiger partial charge in [-0.15, -0.1) is 0 Å². The highest BCUT2D eigenvalue weighted by atomic mass is 19.2. The monoisotopic (exact) mass is 177 g/mol. The van der Waals surface area contributed by atoms with Crippen LogP contribution in [0, 0.1) is 5.41 Å². The molecule has 72 valence electrons. The Labute approximate surface area is 72.7 Å². The lowest BCUT2D eigenvalue weighted by Crippen LogP contribution is -2.31. The van der Waals surface area contributed by atoms with Gasteiger partial charge in [0, 0.05) is 19.6 Å². The van der Waals surface area contributed by atoms with E-state index < -0.39 is 12.3 Å². The molecular formula is C9H17F2N. The van der Waals surface area contributed by atoms with Crippen LogP contribution in [-0.2, 0) is 0 Å². The fourth-order valence-electron chi connectivity index (χ4n) is 1.60. The van der Waals surface area contributed by atoms with Gasteiger partial charge < -0.3 is 0 Å². The van der Waals surface area contributed by atoms with Crippen molar-refractivity contribution in [1.29, 1.82) is 0 Å². The Kier molecular flexibility index (Phi) is 2.71. The normalized spacial score (nSPS) is 32.8. The molecule has 0 bridgehead atoms. The number of rotatable bonds is 1. The molecule has 0 N–H and O–H groups in total. The summed E-state index contributed by atoms with van der Waals surface area (Å²) in [4.78, 5) is 1.86. The molecule has 0 radical (unpaired) electrons. The van der Waals surface area contributed by atoms with Crippen molar-refractivity contribution in [3.05, 3.63) is 0 Å². The Morgan fingerprint density at radius 3 is 1.92 bits per heavy atom. The first kappa shape index (κ1) is 9.90. The molecule has 12 heavy (non-hydrogen) atoms. The van der Waals surface area contributed by atoms with E-state index in [0.29, 0.717) is 0 Å². The second-order valence-electron chi connectivity index (χ2n) is 4.79. The second kappa shape index (κ2) is 3.29. The number of hydrogen-bond acceptors (Lipinski definition) is 1. The lowest BCUT2D eigenvalue weighted by Gasteiger charge is -2.25. The predicted molar refractivity (Wildman–Crippen MR) is 45.7 cm³/mol. The van der Waals surface area contributed by atoms with Gasteiger partial charge in [-0.3, -0.25) is 4.90 Å². The SMILES string of the molecule is CC(C)(C)CN1C[C@H](F)[C@@H](F)C1. The minimum atomic E-state index is -1.27. The van der Waals surface area contributed by atoms with Gasteiger partial charge in [-0.2, -0.15) is 0 Å². The predicted octanol–water partition coefficient (Wildman–Crippen LogP) is 2.02. The third-order valence-electron chi connectivity index (χ3n) is 1.96. The van der Waals surface area contributed by atoms with Crippen molar-refractivity contribution in [2.45, 2.75) is 33.1 Å². The molecule has 0 spiro atoms. The number of likely N-dealkylation sites (tertiary alicyclic amines) is 1. The summed E-state index contributed by atoms with van der Waals surface area (Å²) in [5, 5.41) is 0. The van der Waals surface area contributed by atoms with Crippen molar-refractivity contribution in [1.82, 2.24) is 4.90 Å². The molecular weight excluding hydrogens is 160 g/mol. The smallest absolute Gasteiger partial charge is 0.145 e. The molecule has 1 aliphatic rings. The molecule has 0 aromatic rings. The van der Waals surface area contributed by atoms with E-state index in [1.807, 2.05) is 4.90 Å². The molecule has 3 heteroatoms. The highest BCUT2D eigenvalue weighted by Gasteiger charge is 2.34. The first-order valence-electron chi connectivity index (χ1n) is 4.39. The topological polar surface area (TPSA) is 3.24 Å². The van der Waals surface area contributed by atoms with Gasteiger partial charge in [0.15, 0.2) is 0 Å². The van der Waals surface area contributed by atoms with Crippen LogP contribution in [0.3, 0.4) is 0 Å². The zero-order valence-electron chi connectivity index (χ0n) is 7.98. The second-order valence-corrected chi connectivity index (χ2v) is 4.79. The largest absolute Gasteiger partial charge is 0.297 e. The first-order chi connectivity index (χ1) is 5.38. The van der Waals surface area contributed by atoms with Gasteiger partial charge in [-0.1, -0.05) is 20.8 Å². The van der Waals surface area contributed by atoms with Gasteiger partial charge in [0.2, 0.25) is 0 Å². The molecule has 0 saturated carbocycles. The Hall–Kier alpha value is -0.180. The summed E-state index contributed by atoms with van der Waals surface area (Å²) in [7, 11) is 0. The third-order valence-corrected chi connectivity index (χ3v) is 1.96. The molecule has 1 rings (SSSR count). The highest BCUT2D eigenvalue weighted by molar-refractivity contribution is 4.85. The summed E-state index contributed by atoms with van der Waals surface area (Å²) in [6.45, 7) is 7.52. The number of halogens is 2. The van der Waals surface area contributed by atoms with Crippen LogP contribution >= 0.6 is 0 Å². The summed E-state index contributed by atoms with van der Waals surface area (Å²) in [6, 6.07) is 0. The Morgan fingerprint density at radius 2 is 1.58 bits per heavy atom. The Bertz CT molecular complexity index is 143. The van der Waals surface area contributed by atoms with E-state index in [1.165, 1.54) is 0 Å². The molecule has 1 nitrogen and oxygen atoms in total. The van der Waals surface area contributed by atoms with Gasteiger partial charge in [0.25, 0.3) is 0 Å². The van der Waals surface area contributed by atoms with Crippen molar-refractivity contribution in [3.8, 4) is 0 Å². The maximum absolute atomic E-state index is 12.7. The summed E-state index contributed by atoms with van der Waals surface area (Å²) in [5.41, 5.74) is 0.129. The molecule has 1 aliphatic heterocycles. The van der Waals surface area contributed by atoms with E-state index in [9.17, 15) is 8.78 Å². The van der Waals surface area contributed by atoms with Crippen LogP contribution < -0.4 is 0 Å². The number of alkyl halides is 2. The van der Waals surface area contributed by atoms with Crippen molar-refractivity contribution < 1.29 is 8.78 Å². The van der Waals surface area contributed by atoms with Crippen molar-refractivity contribution >= 4 is 0 Å². The summed E-state index contributed by atoms with van der Waals surface area (Å²) >= 11 is 0. The van der Waals surface area contributed by atoms with Gasteiger partial charge in [-0.25, -0.2) is 8.78 Å². The van der Waals surface area contributed by atoms with E-state index in [0.717, 1.165) is 6.54 Å². The molecule has 0 aromatic carbocycles. The summed E-state index contributed by atoms with van der Waals surface area (Å²) in [5.74, 6) is 0. The van der Waals surface area contributed by atoms with Crippen molar-refractivity contribution in [2.75, 3.05) is 19.6 Å². The lowest BCUT2D eigenvalue weighted by molar-refractivity contribution is 0.211. The van der Waals surface area contributed by atoms with Crippen molar-refractivity contribution in [3.63, 3.8) is 0 Å². The van der Waals surface area contributed by atoms with Crippen LogP contribution in [-0.4, -0.2) is 36.9 Å². The minimum absolute atomic E-state index is 0.129. The average Bonchev–Trinajstić information content (AvgIpc) is 2.07. The van der Waals surface area contributed by atoms with Gasteiger partial charge in [0.05, 0.1) is 0 Å². The lowest BCUT2D eigenvalue weighted by atomic mass is 9.96. The first-order valence-corrected chi connectivity index (χ1v) is 4.39. The molecule has 1 heterocycles.